The van der Waals surface area contributed by atoms with Crippen molar-refractivity contribution in [3.63, 3.8) is 0 Å². The molecule has 0 aliphatic heterocycles. The van der Waals surface area contributed by atoms with Gasteiger partial charge < -0.3 is 0 Å². The number of allylic oxidation sites excluding steroid dienone is 1. The summed E-state index contributed by atoms with van der Waals surface area (Å²) < 4.78 is 27.6. The zero-order valence-corrected chi connectivity index (χ0v) is 16.5. The van der Waals surface area contributed by atoms with Crippen molar-refractivity contribution in [3.8, 4) is 0 Å². The molecule has 25 heavy (non-hydrogen) atoms. The lowest BCUT2D eigenvalue weighted by Crippen LogP contribution is -2.12. The Kier molecular flexibility index (Phi) is 7.35. The molecule has 134 valence electrons. The summed E-state index contributed by atoms with van der Waals surface area (Å²) in [5, 5.41) is 1.64. The number of hydrogen-bond donors (Lipinski definition) is 0. The highest BCUT2D eigenvalue weighted by molar-refractivity contribution is 7.85. The first-order valence-electron chi connectivity index (χ1n) is 7.46. The predicted molar refractivity (Wildman–Crippen MR) is 105 cm³/mol. The van der Waals surface area contributed by atoms with Gasteiger partial charge in [0.2, 0.25) is 0 Å². The summed E-state index contributed by atoms with van der Waals surface area (Å²) in [4.78, 5) is 0. The summed E-state index contributed by atoms with van der Waals surface area (Å²) in [6, 6.07) is 12.6. The van der Waals surface area contributed by atoms with Crippen LogP contribution in [0, 0.1) is 0 Å². The van der Waals surface area contributed by atoms with Crippen molar-refractivity contribution < 1.29 is 12.6 Å². The number of benzene rings is 2. The lowest BCUT2D eigenvalue weighted by Gasteiger charge is -2.17. The molecule has 0 saturated heterocycles. The van der Waals surface area contributed by atoms with Crippen LogP contribution in [0.15, 0.2) is 48.5 Å². The van der Waals surface area contributed by atoms with Crippen LogP contribution in [0.2, 0.25) is 15.1 Å². The van der Waals surface area contributed by atoms with E-state index in [1.807, 2.05) is 36.4 Å². The van der Waals surface area contributed by atoms with Gasteiger partial charge in [-0.2, -0.15) is 8.42 Å². The summed E-state index contributed by atoms with van der Waals surface area (Å²) >= 11 is 18.3. The fraction of sp³-hybridized carbons (Fsp3) is 0.222. The van der Waals surface area contributed by atoms with Crippen LogP contribution in [0.5, 0.6) is 0 Å². The van der Waals surface area contributed by atoms with Crippen molar-refractivity contribution in [1.82, 2.24) is 0 Å². The topological polar surface area (TPSA) is 43.4 Å². The summed E-state index contributed by atoms with van der Waals surface area (Å²) in [5.74, 6) is -0.238. The number of halogens is 3. The van der Waals surface area contributed by atoms with E-state index in [1.165, 1.54) is 0 Å². The Morgan fingerprint density at radius 2 is 1.80 bits per heavy atom. The highest BCUT2D eigenvalue weighted by atomic mass is 35.5. The molecule has 0 fully saturated rings. The monoisotopic (exact) mass is 418 g/mol. The lowest BCUT2D eigenvalue weighted by atomic mass is 9.96. The van der Waals surface area contributed by atoms with Crippen LogP contribution in [0.3, 0.4) is 0 Å². The second-order valence-electron chi connectivity index (χ2n) is 5.51. The van der Waals surface area contributed by atoms with Gasteiger partial charge in [-0.05, 0) is 35.7 Å². The molecule has 2 rings (SSSR count). The number of rotatable bonds is 7. The highest BCUT2D eigenvalue weighted by Crippen LogP contribution is 2.31. The van der Waals surface area contributed by atoms with Crippen molar-refractivity contribution in [2.45, 2.75) is 12.3 Å². The maximum Gasteiger partial charge on any atom is 0.264 e. The molecule has 1 atom stereocenters. The minimum absolute atomic E-state index is 0.00690. The van der Waals surface area contributed by atoms with Crippen molar-refractivity contribution in [3.05, 3.63) is 74.7 Å². The fourth-order valence-electron chi connectivity index (χ4n) is 2.29. The molecule has 0 aliphatic rings. The van der Waals surface area contributed by atoms with E-state index >= 15 is 0 Å². The van der Waals surface area contributed by atoms with Crippen molar-refractivity contribution in [2.24, 2.45) is 0 Å². The van der Waals surface area contributed by atoms with Gasteiger partial charge in [-0.25, -0.2) is 0 Å². The van der Waals surface area contributed by atoms with Crippen LogP contribution in [0.25, 0.3) is 6.08 Å². The molecule has 7 heteroatoms. The number of hydrogen-bond acceptors (Lipinski definition) is 3. The second-order valence-corrected chi connectivity index (χ2v) is 8.41. The van der Waals surface area contributed by atoms with E-state index in [0.29, 0.717) is 21.5 Å². The Bertz CT molecular complexity index is 864. The molecule has 0 amide bonds. The van der Waals surface area contributed by atoms with E-state index in [-0.39, 0.29) is 12.5 Å². The lowest BCUT2D eigenvalue weighted by molar-refractivity contribution is 0.295. The fourth-order valence-corrected chi connectivity index (χ4v) is 3.47. The van der Waals surface area contributed by atoms with Crippen molar-refractivity contribution >= 4 is 51.0 Å². The zero-order chi connectivity index (χ0) is 18.4. The first-order chi connectivity index (χ1) is 11.8. The summed E-state index contributed by atoms with van der Waals surface area (Å²) in [6.07, 6.45) is 5.36. The Balaban J connectivity index is 2.21. The Labute approximate surface area is 163 Å². The molecule has 0 spiro atoms. The van der Waals surface area contributed by atoms with Crippen LogP contribution in [0.1, 0.15) is 23.5 Å². The minimum atomic E-state index is -3.55. The standard InChI is InChI=1S/C18H17Cl3O3S/c1-25(22,23)24-12-14(16-10-9-15(19)11-18(16)21)7-4-6-13-5-2-3-8-17(13)20/h2-6,8-11,14H,7,12H2,1H3/b6-4+. The highest BCUT2D eigenvalue weighted by Gasteiger charge is 2.17. The third-order valence-electron chi connectivity index (χ3n) is 3.51. The van der Waals surface area contributed by atoms with Crippen molar-refractivity contribution in [2.75, 3.05) is 12.9 Å². The molecule has 0 saturated carbocycles. The van der Waals surface area contributed by atoms with E-state index in [2.05, 4.69) is 0 Å². The predicted octanol–water partition coefficient (Wildman–Crippen LogP) is 5.81. The second kappa shape index (κ2) is 9.06. The summed E-state index contributed by atoms with van der Waals surface area (Å²) in [6.45, 7) is -0.00690. The quantitative estimate of drug-likeness (QED) is 0.532. The van der Waals surface area contributed by atoms with E-state index in [0.717, 1.165) is 17.4 Å². The van der Waals surface area contributed by atoms with E-state index < -0.39 is 10.1 Å². The van der Waals surface area contributed by atoms with E-state index in [1.54, 1.807) is 18.2 Å². The molecule has 1 unspecified atom stereocenters. The largest absolute Gasteiger partial charge is 0.270 e. The van der Waals surface area contributed by atoms with Gasteiger partial charge in [-0.1, -0.05) is 71.2 Å². The van der Waals surface area contributed by atoms with Gasteiger partial charge in [0.1, 0.15) is 0 Å². The van der Waals surface area contributed by atoms with Gasteiger partial charge in [0.05, 0.1) is 12.9 Å². The molecule has 0 radical (unpaired) electrons. The Morgan fingerprint density at radius 3 is 2.44 bits per heavy atom. The van der Waals surface area contributed by atoms with E-state index in [9.17, 15) is 8.42 Å². The summed E-state index contributed by atoms with van der Waals surface area (Å²) in [7, 11) is -3.55. The summed E-state index contributed by atoms with van der Waals surface area (Å²) in [5.41, 5.74) is 1.66. The van der Waals surface area contributed by atoms with Crippen LogP contribution < -0.4 is 0 Å². The molecular weight excluding hydrogens is 403 g/mol. The molecule has 0 aliphatic carbocycles. The van der Waals surface area contributed by atoms with Gasteiger partial charge in [-0.15, -0.1) is 0 Å². The van der Waals surface area contributed by atoms with Gasteiger partial charge in [0.15, 0.2) is 0 Å². The maximum absolute atomic E-state index is 11.3. The van der Waals surface area contributed by atoms with Gasteiger partial charge in [-0.3, -0.25) is 4.18 Å². The van der Waals surface area contributed by atoms with Gasteiger partial charge >= 0.3 is 0 Å². The SMILES string of the molecule is CS(=O)(=O)OCC(C/C=C/c1ccccc1Cl)c1ccc(Cl)cc1Cl. The molecule has 0 N–H and O–H groups in total. The third-order valence-corrected chi connectivity index (χ3v) is 4.98. The first-order valence-corrected chi connectivity index (χ1v) is 10.4. The zero-order valence-electron chi connectivity index (χ0n) is 13.5. The van der Waals surface area contributed by atoms with Crippen LogP contribution >= 0.6 is 34.8 Å². The molecule has 0 bridgehead atoms. The van der Waals surface area contributed by atoms with E-state index in [4.69, 9.17) is 39.0 Å². The van der Waals surface area contributed by atoms with Crippen LogP contribution in [-0.2, 0) is 14.3 Å². The first kappa shape index (κ1) is 20.3. The average molecular weight is 420 g/mol. The van der Waals surface area contributed by atoms with Crippen LogP contribution in [-0.4, -0.2) is 21.3 Å². The Morgan fingerprint density at radius 1 is 1.08 bits per heavy atom. The molecule has 2 aromatic rings. The van der Waals surface area contributed by atoms with Gasteiger partial charge in [0, 0.05) is 21.0 Å². The smallest absolute Gasteiger partial charge is 0.264 e. The normalized spacial score (nSPS) is 13.3. The third kappa shape index (κ3) is 6.65. The molecule has 0 heterocycles. The molecular formula is C18H17Cl3O3S. The molecule has 2 aromatic carbocycles. The Hall–Kier alpha value is -1.04. The van der Waals surface area contributed by atoms with Crippen molar-refractivity contribution in [1.29, 1.82) is 0 Å². The van der Waals surface area contributed by atoms with Gasteiger partial charge in [0.25, 0.3) is 10.1 Å². The van der Waals surface area contributed by atoms with Crippen LogP contribution in [0.4, 0.5) is 0 Å². The maximum atomic E-state index is 11.3. The minimum Gasteiger partial charge on any atom is -0.270 e. The molecule has 0 aromatic heterocycles. The average Bonchev–Trinajstić information content (AvgIpc) is 2.52. The molecule has 3 nitrogen and oxygen atoms in total.